The fraction of sp³-hybridized carbons (Fsp3) is 0.556. The van der Waals surface area contributed by atoms with Gasteiger partial charge in [0.15, 0.2) is 0 Å². The first-order chi connectivity index (χ1) is 6.90. The summed E-state index contributed by atoms with van der Waals surface area (Å²) in [7, 11) is -2.90. The predicted octanol–water partition coefficient (Wildman–Crippen LogP) is 1.74. The molecule has 0 aliphatic rings. The van der Waals surface area contributed by atoms with Crippen molar-refractivity contribution < 1.29 is 12.8 Å². The third-order valence-electron chi connectivity index (χ3n) is 1.96. The summed E-state index contributed by atoms with van der Waals surface area (Å²) in [5, 5.41) is 3.08. The van der Waals surface area contributed by atoms with Crippen molar-refractivity contribution in [2.75, 3.05) is 18.6 Å². The van der Waals surface area contributed by atoms with E-state index < -0.39 is 9.84 Å². The fourth-order valence-electron chi connectivity index (χ4n) is 1.17. The molecule has 0 spiro atoms. The van der Waals surface area contributed by atoms with Crippen LogP contribution in [0.4, 0.5) is 0 Å². The maximum absolute atomic E-state index is 10.9. The van der Waals surface area contributed by atoms with Crippen LogP contribution in [0, 0.1) is 0 Å². The molecular weight excluding hydrogens is 282 g/mol. The molecule has 0 aliphatic heterocycles. The first-order valence-electron chi connectivity index (χ1n) is 4.54. The number of rotatable bonds is 5. The number of hydrogen-bond donors (Lipinski definition) is 1. The molecule has 0 saturated carbocycles. The van der Waals surface area contributed by atoms with Gasteiger partial charge < -0.3 is 9.73 Å². The average molecular weight is 296 g/mol. The van der Waals surface area contributed by atoms with E-state index in [4.69, 9.17) is 4.42 Å². The maximum Gasteiger partial charge on any atom is 0.148 e. The van der Waals surface area contributed by atoms with E-state index in [1.807, 2.05) is 13.0 Å². The van der Waals surface area contributed by atoms with Crippen LogP contribution in [0.15, 0.2) is 21.2 Å². The highest BCUT2D eigenvalue weighted by Crippen LogP contribution is 2.23. The molecule has 15 heavy (non-hydrogen) atoms. The van der Waals surface area contributed by atoms with Crippen molar-refractivity contribution in [3.8, 4) is 0 Å². The quantitative estimate of drug-likeness (QED) is 0.899. The first-order valence-corrected chi connectivity index (χ1v) is 7.39. The molecule has 1 aromatic rings. The van der Waals surface area contributed by atoms with Crippen LogP contribution in [-0.2, 0) is 9.84 Å². The Labute approximate surface area is 98.1 Å². The maximum atomic E-state index is 10.9. The lowest BCUT2D eigenvalue weighted by atomic mass is 10.2. The van der Waals surface area contributed by atoms with Crippen LogP contribution in [0.2, 0.25) is 0 Å². The molecule has 0 radical (unpaired) electrons. The molecule has 86 valence electrons. The number of furan rings is 1. The van der Waals surface area contributed by atoms with Gasteiger partial charge in [0.1, 0.15) is 15.6 Å². The average Bonchev–Trinajstić information content (AvgIpc) is 2.48. The highest BCUT2D eigenvalue weighted by atomic mass is 79.9. The van der Waals surface area contributed by atoms with Gasteiger partial charge in [-0.25, -0.2) is 8.42 Å². The van der Waals surface area contributed by atoms with Crippen LogP contribution in [0.25, 0.3) is 0 Å². The Bertz CT molecular complexity index is 413. The molecule has 1 N–H and O–H groups in total. The zero-order valence-electron chi connectivity index (χ0n) is 8.66. The largest absolute Gasteiger partial charge is 0.466 e. The Morgan fingerprint density at radius 3 is 2.73 bits per heavy atom. The number of sulfone groups is 1. The van der Waals surface area contributed by atoms with Crippen molar-refractivity contribution in [2.45, 2.75) is 13.0 Å². The van der Waals surface area contributed by atoms with Crippen molar-refractivity contribution in [2.24, 2.45) is 0 Å². The summed E-state index contributed by atoms with van der Waals surface area (Å²) in [6.07, 6.45) is 2.82. The highest BCUT2D eigenvalue weighted by Gasteiger charge is 2.12. The highest BCUT2D eigenvalue weighted by molar-refractivity contribution is 9.10. The summed E-state index contributed by atoms with van der Waals surface area (Å²) in [6, 6.07) is 1.81. The van der Waals surface area contributed by atoms with Crippen molar-refractivity contribution in [3.05, 3.63) is 22.6 Å². The topological polar surface area (TPSA) is 59.3 Å². The second kappa shape index (κ2) is 5.14. The van der Waals surface area contributed by atoms with Crippen molar-refractivity contribution in [3.63, 3.8) is 0 Å². The summed E-state index contributed by atoms with van der Waals surface area (Å²) in [5.74, 6) is 0.916. The Balaban J connectivity index is 2.44. The Morgan fingerprint density at radius 2 is 2.27 bits per heavy atom. The van der Waals surface area contributed by atoms with Gasteiger partial charge in [0.2, 0.25) is 0 Å². The Hall–Kier alpha value is -0.330. The smallest absolute Gasteiger partial charge is 0.148 e. The minimum atomic E-state index is -2.90. The van der Waals surface area contributed by atoms with E-state index in [9.17, 15) is 8.42 Å². The monoisotopic (exact) mass is 295 g/mol. The SMILES string of the molecule is CC(NCCS(C)(=O)=O)c1occc1Br. The molecule has 0 fully saturated rings. The van der Waals surface area contributed by atoms with Gasteiger partial charge in [0.05, 0.1) is 22.5 Å². The van der Waals surface area contributed by atoms with Crippen LogP contribution in [0.5, 0.6) is 0 Å². The summed E-state index contributed by atoms with van der Waals surface area (Å²) in [5.41, 5.74) is 0. The Kier molecular flexibility index (Phi) is 4.36. The van der Waals surface area contributed by atoms with Gasteiger partial charge in [-0.05, 0) is 28.9 Å². The lowest BCUT2D eigenvalue weighted by Crippen LogP contribution is -2.25. The van der Waals surface area contributed by atoms with Crippen LogP contribution >= 0.6 is 15.9 Å². The van der Waals surface area contributed by atoms with Gasteiger partial charge in [0.25, 0.3) is 0 Å². The lowest BCUT2D eigenvalue weighted by molar-refractivity contribution is 0.434. The second-order valence-electron chi connectivity index (χ2n) is 3.44. The molecule has 1 rings (SSSR count). The predicted molar refractivity (Wildman–Crippen MR) is 62.5 cm³/mol. The van der Waals surface area contributed by atoms with Crippen LogP contribution < -0.4 is 5.32 Å². The summed E-state index contributed by atoms with van der Waals surface area (Å²) < 4.78 is 27.9. The van der Waals surface area contributed by atoms with E-state index in [-0.39, 0.29) is 11.8 Å². The fourth-order valence-corrected chi connectivity index (χ4v) is 2.20. The number of hydrogen-bond acceptors (Lipinski definition) is 4. The molecule has 0 aromatic carbocycles. The van der Waals surface area contributed by atoms with Gasteiger partial charge in [-0.15, -0.1) is 0 Å². The molecule has 1 aromatic heterocycles. The van der Waals surface area contributed by atoms with E-state index >= 15 is 0 Å². The van der Waals surface area contributed by atoms with Crippen LogP contribution in [0.1, 0.15) is 18.7 Å². The van der Waals surface area contributed by atoms with E-state index in [2.05, 4.69) is 21.2 Å². The van der Waals surface area contributed by atoms with Gasteiger partial charge in [-0.1, -0.05) is 0 Å². The standard InChI is InChI=1S/C9H14BrNO3S/c1-7(9-8(10)3-5-14-9)11-4-6-15(2,12)13/h3,5,7,11H,4,6H2,1-2H3. The third-order valence-corrected chi connectivity index (χ3v) is 3.56. The molecular formula is C9H14BrNO3S. The van der Waals surface area contributed by atoms with E-state index in [1.165, 1.54) is 6.26 Å². The van der Waals surface area contributed by atoms with E-state index in [1.54, 1.807) is 6.26 Å². The lowest BCUT2D eigenvalue weighted by Gasteiger charge is -2.11. The molecule has 6 heteroatoms. The molecule has 1 atom stereocenters. The molecule has 1 heterocycles. The van der Waals surface area contributed by atoms with Gasteiger partial charge >= 0.3 is 0 Å². The Morgan fingerprint density at radius 1 is 1.60 bits per heavy atom. The molecule has 0 aliphatic carbocycles. The van der Waals surface area contributed by atoms with Crippen molar-refractivity contribution in [1.82, 2.24) is 5.32 Å². The molecule has 0 bridgehead atoms. The van der Waals surface area contributed by atoms with Crippen LogP contribution in [0.3, 0.4) is 0 Å². The van der Waals surface area contributed by atoms with Crippen molar-refractivity contribution >= 4 is 25.8 Å². The zero-order valence-corrected chi connectivity index (χ0v) is 11.1. The van der Waals surface area contributed by atoms with E-state index in [0.29, 0.717) is 6.54 Å². The molecule has 0 saturated heterocycles. The van der Waals surface area contributed by atoms with Gasteiger partial charge in [-0.3, -0.25) is 0 Å². The summed E-state index contributed by atoms with van der Waals surface area (Å²) >= 11 is 3.35. The molecule has 4 nitrogen and oxygen atoms in total. The van der Waals surface area contributed by atoms with Crippen LogP contribution in [-0.4, -0.2) is 27.0 Å². The summed E-state index contributed by atoms with van der Waals surface area (Å²) in [4.78, 5) is 0. The minimum absolute atomic E-state index is 0.00359. The van der Waals surface area contributed by atoms with E-state index in [0.717, 1.165) is 10.2 Å². The molecule has 0 amide bonds. The summed E-state index contributed by atoms with van der Waals surface area (Å²) in [6.45, 7) is 2.35. The second-order valence-corrected chi connectivity index (χ2v) is 6.55. The van der Waals surface area contributed by atoms with Crippen molar-refractivity contribution in [1.29, 1.82) is 0 Å². The third kappa shape index (κ3) is 4.36. The normalized spacial score (nSPS) is 14.1. The number of nitrogens with one attached hydrogen (secondary N) is 1. The molecule has 1 unspecified atom stereocenters. The number of halogens is 1. The first kappa shape index (κ1) is 12.7. The van der Waals surface area contributed by atoms with Gasteiger partial charge in [0, 0.05) is 12.8 Å². The van der Waals surface area contributed by atoms with Gasteiger partial charge in [-0.2, -0.15) is 0 Å². The minimum Gasteiger partial charge on any atom is -0.466 e. The zero-order chi connectivity index (χ0) is 11.5.